The number of aryl methyl sites for hydroxylation is 1. The number of hydrogen-bond acceptors (Lipinski definition) is 4. The molecular weight excluding hydrogens is 392 g/mol. The van der Waals surface area contributed by atoms with E-state index in [-0.39, 0.29) is 18.6 Å². The number of rotatable bonds is 8. The van der Waals surface area contributed by atoms with Crippen LogP contribution < -0.4 is 9.47 Å². The van der Waals surface area contributed by atoms with Gasteiger partial charge in [0.05, 0.1) is 19.8 Å². The van der Waals surface area contributed by atoms with Gasteiger partial charge in [-0.15, -0.1) is 0 Å². The zero-order chi connectivity index (χ0) is 21.8. The average molecular weight is 423 g/mol. The fourth-order valence-electron chi connectivity index (χ4n) is 4.58. The first-order valence-corrected chi connectivity index (χ1v) is 10.8. The molecule has 31 heavy (non-hydrogen) atoms. The number of nitrogens with one attached hydrogen (secondary N) is 1. The second-order valence-corrected chi connectivity index (χ2v) is 7.82. The van der Waals surface area contributed by atoms with E-state index in [0.29, 0.717) is 13.2 Å². The van der Waals surface area contributed by atoms with Gasteiger partial charge in [0.15, 0.2) is 11.5 Å². The Bertz CT molecular complexity index is 1060. The zero-order valence-electron chi connectivity index (χ0n) is 18.4. The molecule has 0 spiro atoms. The van der Waals surface area contributed by atoms with Gasteiger partial charge in [-0.25, -0.2) is 0 Å². The molecule has 0 aliphatic carbocycles. The SMILES string of the molecule is CCOc1cc2c(cc1OC)CCN(C(=O)COC)[C@H]2CCc1c[nH]c2ccccc12. The third-order valence-electron chi connectivity index (χ3n) is 6.03. The summed E-state index contributed by atoms with van der Waals surface area (Å²) < 4.78 is 16.5. The van der Waals surface area contributed by atoms with E-state index < -0.39 is 0 Å². The Morgan fingerprint density at radius 3 is 2.81 bits per heavy atom. The molecule has 3 aromatic rings. The third-order valence-corrected chi connectivity index (χ3v) is 6.03. The van der Waals surface area contributed by atoms with Gasteiger partial charge in [-0.2, -0.15) is 0 Å². The summed E-state index contributed by atoms with van der Waals surface area (Å²) in [5.74, 6) is 1.49. The molecule has 0 bridgehead atoms. The monoisotopic (exact) mass is 422 g/mol. The molecule has 1 N–H and O–H groups in total. The van der Waals surface area contributed by atoms with Crippen LogP contribution >= 0.6 is 0 Å². The number of methoxy groups -OCH3 is 2. The maximum Gasteiger partial charge on any atom is 0.249 e. The number of aromatic nitrogens is 1. The number of carbonyl (C=O) groups excluding carboxylic acids is 1. The van der Waals surface area contributed by atoms with Crippen molar-refractivity contribution in [3.8, 4) is 11.5 Å². The number of fused-ring (bicyclic) bond motifs is 2. The van der Waals surface area contributed by atoms with Crippen molar-refractivity contribution in [1.29, 1.82) is 0 Å². The van der Waals surface area contributed by atoms with Crippen LogP contribution in [0.15, 0.2) is 42.6 Å². The van der Waals surface area contributed by atoms with Crippen molar-refractivity contribution >= 4 is 16.8 Å². The standard InChI is InChI=1S/C25H30N2O4/c1-4-31-24-14-20-17(13-23(24)30-3)11-12-27(25(28)16-29-2)22(20)10-9-18-15-26-21-8-6-5-7-19(18)21/h5-8,13-15,22,26H,4,9-12,16H2,1-3H3/t22-/m0/s1. The van der Waals surface area contributed by atoms with E-state index in [1.54, 1.807) is 14.2 Å². The summed E-state index contributed by atoms with van der Waals surface area (Å²) in [6, 6.07) is 12.4. The van der Waals surface area contributed by atoms with Gasteiger partial charge < -0.3 is 24.1 Å². The normalized spacial score (nSPS) is 15.7. The number of carbonyl (C=O) groups is 1. The molecule has 0 unspecified atom stereocenters. The lowest BCUT2D eigenvalue weighted by atomic mass is 9.88. The van der Waals surface area contributed by atoms with Crippen molar-refractivity contribution in [3.05, 3.63) is 59.3 Å². The quantitative estimate of drug-likeness (QED) is 0.589. The minimum atomic E-state index is -0.0369. The molecule has 164 valence electrons. The zero-order valence-corrected chi connectivity index (χ0v) is 18.4. The van der Waals surface area contributed by atoms with Gasteiger partial charge in [-0.3, -0.25) is 4.79 Å². The number of hydrogen-bond donors (Lipinski definition) is 1. The number of amides is 1. The summed E-state index contributed by atoms with van der Waals surface area (Å²) >= 11 is 0. The summed E-state index contributed by atoms with van der Waals surface area (Å²) in [6.07, 6.45) is 4.55. The van der Waals surface area contributed by atoms with Crippen molar-refractivity contribution < 1.29 is 19.0 Å². The molecule has 0 fully saturated rings. The smallest absolute Gasteiger partial charge is 0.249 e. The minimum absolute atomic E-state index is 0.0193. The number of nitrogens with zero attached hydrogens (tertiary/aromatic N) is 1. The molecule has 6 nitrogen and oxygen atoms in total. The van der Waals surface area contributed by atoms with Crippen molar-refractivity contribution in [2.24, 2.45) is 0 Å². The van der Waals surface area contributed by atoms with E-state index in [0.717, 1.165) is 41.8 Å². The van der Waals surface area contributed by atoms with Gasteiger partial charge in [-0.05, 0) is 61.1 Å². The summed E-state index contributed by atoms with van der Waals surface area (Å²) in [5, 5.41) is 1.23. The Hall–Kier alpha value is -2.99. The Balaban J connectivity index is 1.68. The first kappa shape index (κ1) is 21.2. The summed E-state index contributed by atoms with van der Waals surface area (Å²) in [6.45, 7) is 3.28. The van der Waals surface area contributed by atoms with Crippen molar-refractivity contribution in [1.82, 2.24) is 9.88 Å². The van der Waals surface area contributed by atoms with Gasteiger partial charge in [0.25, 0.3) is 0 Å². The second-order valence-electron chi connectivity index (χ2n) is 7.82. The molecule has 0 saturated heterocycles. The van der Waals surface area contributed by atoms with Crippen LogP contribution in [0.2, 0.25) is 0 Å². The molecule has 1 aromatic heterocycles. The fraction of sp³-hybridized carbons (Fsp3) is 0.400. The predicted octanol–water partition coefficient (Wildman–Crippen LogP) is 4.28. The Morgan fingerprint density at radius 1 is 1.19 bits per heavy atom. The van der Waals surface area contributed by atoms with Gasteiger partial charge in [0.2, 0.25) is 5.91 Å². The van der Waals surface area contributed by atoms with Crippen molar-refractivity contribution in [3.63, 3.8) is 0 Å². The van der Waals surface area contributed by atoms with E-state index in [1.807, 2.05) is 17.9 Å². The van der Waals surface area contributed by atoms with Crippen LogP contribution in [0.1, 0.15) is 36.1 Å². The highest BCUT2D eigenvalue weighted by Crippen LogP contribution is 2.40. The Labute approximate surface area is 183 Å². The average Bonchev–Trinajstić information content (AvgIpc) is 3.20. The van der Waals surface area contributed by atoms with Crippen LogP contribution in [0.4, 0.5) is 0 Å². The van der Waals surface area contributed by atoms with Crippen molar-refractivity contribution in [2.45, 2.75) is 32.2 Å². The summed E-state index contributed by atoms with van der Waals surface area (Å²) in [7, 11) is 3.23. The van der Waals surface area contributed by atoms with Crippen molar-refractivity contribution in [2.75, 3.05) is 34.0 Å². The Morgan fingerprint density at radius 2 is 2.03 bits per heavy atom. The third kappa shape index (κ3) is 4.26. The minimum Gasteiger partial charge on any atom is -0.493 e. The summed E-state index contributed by atoms with van der Waals surface area (Å²) in [5.41, 5.74) is 4.75. The predicted molar refractivity (Wildman–Crippen MR) is 121 cm³/mol. The molecule has 0 radical (unpaired) electrons. The maximum absolute atomic E-state index is 12.9. The molecule has 1 aliphatic rings. The van der Waals surface area contributed by atoms with Crippen LogP contribution in [0, 0.1) is 0 Å². The lowest BCUT2D eigenvalue weighted by molar-refractivity contribution is -0.138. The largest absolute Gasteiger partial charge is 0.493 e. The van der Waals surface area contributed by atoms with E-state index in [1.165, 1.54) is 16.5 Å². The van der Waals surface area contributed by atoms with E-state index in [9.17, 15) is 4.79 Å². The van der Waals surface area contributed by atoms with Crippen LogP contribution in [-0.2, 0) is 22.4 Å². The highest BCUT2D eigenvalue weighted by Gasteiger charge is 2.32. The van der Waals surface area contributed by atoms with Gasteiger partial charge in [0, 0.05) is 30.8 Å². The Kier molecular flexibility index (Phi) is 6.47. The number of aromatic amines is 1. The van der Waals surface area contributed by atoms with Gasteiger partial charge in [-0.1, -0.05) is 18.2 Å². The number of H-pyrrole nitrogens is 1. The van der Waals surface area contributed by atoms with Crippen LogP contribution in [0.25, 0.3) is 10.9 Å². The van der Waals surface area contributed by atoms with E-state index in [4.69, 9.17) is 14.2 Å². The fourth-order valence-corrected chi connectivity index (χ4v) is 4.58. The molecule has 1 atom stereocenters. The molecule has 4 rings (SSSR count). The molecule has 1 amide bonds. The van der Waals surface area contributed by atoms with E-state index >= 15 is 0 Å². The maximum atomic E-state index is 12.9. The molecular formula is C25H30N2O4. The van der Waals surface area contributed by atoms with Gasteiger partial charge in [0.1, 0.15) is 6.61 Å². The van der Waals surface area contributed by atoms with Crippen LogP contribution in [0.5, 0.6) is 11.5 Å². The number of benzene rings is 2. The first-order chi connectivity index (χ1) is 15.2. The van der Waals surface area contributed by atoms with Gasteiger partial charge >= 0.3 is 0 Å². The van der Waals surface area contributed by atoms with Crippen LogP contribution in [0.3, 0.4) is 0 Å². The lowest BCUT2D eigenvalue weighted by Crippen LogP contribution is -2.42. The number of ether oxygens (including phenoxy) is 3. The summed E-state index contributed by atoms with van der Waals surface area (Å²) in [4.78, 5) is 18.2. The first-order valence-electron chi connectivity index (χ1n) is 10.8. The molecule has 6 heteroatoms. The lowest BCUT2D eigenvalue weighted by Gasteiger charge is -2.38. The topological polar surface area (TPSA) is 63.8 Å². The number of para-hydroxylation sites is 1. The van der Waals surface area contributed by atoms with Crippen LogP contribution in [-0.4, -0.2) is 49.8 Å². The molecule has 2 aromatic carbocycles. The molecule has 1 aliphatic heterocycles. The molecule has 0 saturated carbocycles. The van der Waals surface area contributed by atoms with E-state index in [2.05, 4.69) is 41.5 Å². The molecule has 2 heterocycles. The second kappa shape index (κ2) is 9.43. The highest BCUT2D eigenvalue weighted by atomic mass is 16.5. The highest BCUT2D eigenvalue weighted by molar-refractivity contribution is 5.83.